The molecule has 0 saturated heterocycles. The lowest BCUT2D eigenvalue weighted by Crippen LogP contribution is -2.16. The number of esters is 1. The van der Waals surface area contributed by atoms with E-state index in [1.165, 1.54) is 0 Å². The topological polar surface area (TPSA) is 78.9 Å². The van der Waals surface area contributed by atoms with E-state index in [-0.39, 0.29) is 13.2 Å². The first-order chi connectivity index (χ1) is 8.87. The summed E-state index contributed by atoms with van der Waals surface area (Å²) in [5, 5.41) is 0. The molecule has 0 amide bonds. The van der Waals surface area contributed by atoms with Crippen LogP contribution in [0.4, 0.5) is 0 Å². The third-order valence-corrected chi connectivity index (χ3v) is 3.30. The third-order valence-electron chi connectivity index (χ3n) is 2.43. The van der Waals surface area contributed by atoms with Gasteiger partial charge in [-0.15, -0.1) is 0 Å². The Labute approximate surface area is 112 Å². The molecule has 0 N–H and O–H groups in total. The molecule has 0 atom stereocenters. The average molecular weight is 288 g/mol. The second-order valence-corrected chi connectivity index (χ2v) is 5.19. The maximum atomic E-state index is 11.8. The quantitative estimate of drug-likeness (QED) is 0.581. The number of hydrogen-bond donors (Lipinski definition) is 0. The molecule has 0 unspecified atom stereocenters. The minimum Gasteiger partial charge on any atom is -0.460 e. The van der Waals surface area contributed by atoms with Gasteiger partial charge in [0.05, 0.1) is 12.7 Å². The van der Waals surface area contributed by atoms with Crippen molar-refractivity contribution >= 4 is 16.4 Å². The highest BCUT2D eigenvalue weighted by Gasteiger charge is 2.14. The fraction of sp³-hybridized carbons (Fsp3) is 0.417. The van der Waals surface area contributed by atoms with E-state index >= 15 is 0 Å². The van der Waals surface area contributed by atoms with Crippen molar-refractivity contribution in [3.05, 3.63) is 34.9 Å². The molecule has 0 spiro atoms. The Morgan fingerprint density at radius 1 is 1.16 bits per heavy atom. The fourth-order valence-electron chi connectivity index (χ4n) is 1.53. The van der Waals surface area contributed by atoms with Gasteiger partial charge in [0.2, 0.25) is 0 Å². The molecule has 0 heterocycles. The number of hydrogen-bond acceptors (Lipinski definition) is 6. The Morgan fingerprint density at radius 3 is 2.26 bits per heavy atom. The van der Waals surface area contributed by atoms with Crippen LogP contribution in [0.2, 0.25) is 0 Å². The number of benzene rings is 1. The molecule has 0 aliphatic carbocycles. The highest BCUT2D eigenvalue weighted by molar-refractivity contribution is 7.81. The van der Waals surface area contributed by atoms with E-state index in [0.717, 1.165) is 18.2 Å². The summed E-state index contributed by atoms with van der Waals surface area (Å²) in [5.74, 6) is -0.506. The summed E-state index contributed by atoms with van der Waals surface area (Å²) in [7, 11) is -3.01. The molecule has 0 aliphatic rings. The summed E-state index contributed by atoms with van der Waals surface area (Å²) in [6, 6.07) is 5.45. The van der Waals surface area contributed by atoms with E-state index in [9.17, 15) is 13.2 Å². The maximum Gasteiger partial charge on any atom is 0.399 e. The van der Waals surface area contributed by atoms with Gasteiger partial charge >= 0.3 is 16.4 Å². The highest BCUT2D eigenvalue weighted by Crippen LogP contribution is 2.14. The zero-order chi connectivity index (χ0) is 14.5. The normalized spacial score (nSPS) is 11.3. The molecule has 0 radical (unpaired) electrons. The Balaban J connectivity index is 2.53. The number of ether oxygens (including phenoxy) is 1. The van der Waals surface area contributed by atoms with E-state index in [2.05, 4.69) is 8.37 Å². The maximum absolute atomic E-state index is 11.8. The van der Waals surface area contributed by atoms with Gasteiger partial charge in [0.25, 0.3) is 0 Å². The Bertz CT molecular complexity index is 529. The molecule has 0 aliphatic heterocycles. The zero-order valence-electron chi connectivity index (χ0n) is 11.0. The molecular weight excluding hydrogens is 272 g/mol. The van der Waals surface area contributed by atoms with Gasteiger partial charge in [0, 0.05) is 0 Å². The molecule has 6 nitrogen and oxygen atoms in total. The number of carbonyl (C=O) groups is 1. The second kappa shape index (κ2) is 6.65. The first-order valence-electron chi connectivity index (χ1n) is 5.55. The van der Waals surface area contributed by atoms with Crippen LogP contribution in [0.5, 0.6) is 0 Å². The van der Waals surface area contributed by atoms with E-state index < -0.39 is 16.4 Å². The summed E-state index contributed by atoms with van der Waals surface area (Å²) < 4.78 is 35.1. The minimum atomic E-state index is -3.99. The summed E-state index contributed by atoms with van der Waals surface area (Å²) >= 11 is 0. The summed E-state index contributed by atoms with van der Waals surface area (Å²) in [5.41, 5.74) is 2.09. The van der Waals surface area contributed by atoms with E-state index in [4.69, 9.17) is 4.74 Å². The van der Waals surface area contributed by atoms with Crippen LogP contribution in [0.1, 0.15) is 21.5 Å². The largest absolute Gasteiger partial charge is 0.460 e. The van der Waals surface area contributed by atoms with Crippen molar-refractivity contribution in [1.82, 2.24) is 0 Å². The molecule has 0 saturated carbocycles. The van der Waals surface area contributed by atoms with Gasteiger partial charge in [-0.25, -0.2) is 8.98 Å². The van der Waals surface area contributed by atoms with Crippen LogP contribution >= 0.6 is 0 Å². The summed E-state index contributed by atoms with van der Waals surface area (Å²) in [6.45, 7) is 3.15. The lowest BCUT2D eigenvalue weighted by molar-refractivity contribution is 0.0441. The standard InChI is InChI=1S/C12H16O6S/c1-9-5-4-6-10(2)11(9)12(13)17-7-8-18-19(14,15)16-3/h4-6H,7-8H2,1-3H3. The predicted octanol–water partition coefficient (Wildman–Crippen LogP) is 1.37. The van der Waals surface area contributed by atoms with Crippen LogP contribution in [-0.4, -0.2) is 34.7 Å². The Hall–Kier alpha value is -1.44. The van der Waals surface area contributed by atoms with Crippen molar-refractivity contribution in [2.45, 2.75) is 13.8 Å². The lowest BCUT2D eigenvalue weighted by atomic mass is 10.0. The van der Waals surface area contributed by atoms with Crippen LogP contribution in [0, 0.1) is 13.8 Å². The van der Waals surface area contributed by atoms with Gasteiger partial charge in [-0.05, 0) is 25.0 Å². The Kier molecular flexibility index (Phi) is 5.46. The average Bonchev–Trinajstić information content (AvgIpc) is 2.34. The van der Waals surface area contributed by atoms with Crippen molar-refractivity contribution in [2.24, 2.45) is 0 Å². The van der Waals surface area contributed by atoms with Gasteiger partial charge < -0.3 is 4.74 Å². The highest BCUT2D eigenvalue weighted by atomic mass is 32.3. The molecule has 1 aromatic rings. The summed E-state index contributed by atoms with van der Waals surface area (Å²) in [4.78, 5) is 11.8. The van der Waals surface area contributed by atoms with Crippen LogP contribution < -0.4 is 0 Å². The number of rotatable bonds is 6. The van der Waals surface area contributed by atoms with Crippen LogP contribution in [0.3, 0.4) is 0 Å². The van der Waals surface area contributed by atoms with Crippen molar-refractivity contribution in [1.29, 1.82) is 0 Å². The van der Waals surface area contributed by atoms with Crippen LogP contribution in [0.25, 0.3) is 0 Å². The van der Waals surface area contributed by atoms with Crippen LogP contribution in [0.15, 0.2) is 18.2 Å². The smallest absolute Gasteiger partial charge is 0.399 e. The molecule has 106 valence electrons. The van der Waals surface area contributed by atoms with E-state index in [1.807, 2.05) is 6.07 Å². The van der Waals surface area contributed by atoms with Gasteiger partial charge in [-0.3, -0.25) is 4.18 Å². The zero-order valence-corrected chi connectivity index (χ0v) is 11.8. The van der Waals surface area contributed by atoms with Gasteiger partial charge in [-0.2, -0.15) is 8.42 Å². The number of aryl methyl sites for hydroxylation is 2. The molecule has 1 rings (SSSR count). The van der Waals surface area contributed by atoms with Gasteiger partial charge in [-0.1, -0.05) is 18.2 Å². The Morgan fingerprint density at radius 2 is 1.74 bits per heavy atom. The fourth-order valence-corrected chi connectivity index (χ4v) is 1.90. The molecular formula is C12H16O6S. The first kappa shape index (κ1) is 15.6. The molecule has 19 heavy (non-hydrogen) atoms. The van der Waals surface area contributed by atoms with Gasteiger partial charge in [0.1, 0.15) is 13.2 Å². The van der Waals surface area contributed by atoms with Gasteiger partial charge in [0.15, 0.2) is 0 Å². The molecule has 0 bridgehead atoms. The second-order valence-electron chi connectivity index (χ2n) is 3.80. The van der Waals surface area contributed by atoms with Crippen molar-refractivity contribution in [2.75, 3.05) is 20.3 Å². The monoisotopic (exact) mass is 288 g/mol. The van der Waals surface area contributed by atoms with Crippen molar-refractivity contribution in [3.63, 3.8) is 0 Å². The molecule has 0 fully saturated rings. The van der Waals surface area contributed by atoms with Crippen molar-refractivity contribution in [3.8, 4) is 0 Å². The molecule has 0 aromatic heterocycles. The first-order valence-corrected chi connectivity index (χ1v) is 6.89. The molecule has 1 aromatic carbocycles. The third kappa shape index (κ3) is 4.62. The minimum absolute atomic E-state index is 0.171. The molecule has 7 heteroatoms. The lowest BCUT2D eigenvalue weighted by Gasteiger charge is -2.09. The SMILES string of the molecule is COS(=O)(=O)OCCOC(=O)c1c(C)cccc1C. The predicted molar refractivity (Wildman–Crippen MR) is 68.1 cm³/mol. The van der Waals surface area contributed by atoms with E-state index in [1.54, 1.807) is 26.0 Å². The van der Waals surface area contributed by atoms with Crippen molar-refractivity contribution < 1.29 is 26.3 Å². The number of carbonyl (C=O) groups excluding carboxylic acids is 1. The van der Waals surface area contributed by atoms with Crippen LogP contribution in [-0.2, 0) is 23.5 Å². The summed E-state index contributed by atoms with van der Waals surface area (Å²) in [6.07, 6.45) is 0. The van der Waals surface area contributed by atoms with E-state index in [0.29, 0.717) is 5.56 Å².